The van der Waals surface area contributed by atoms with E-state index in [4.69, 9.17) is 20.9 Å². The van der Waals surface area contributed by atoms with Crippen LogP contribution in [0.1, 0.15) is 34.3 Å². The van der Waals surface area contributed by atoms with E-state index < -0.39 is 36.2 Å². The summed E-state index contributed by atoms with van der Waals surface area (Å²) in [6, 6.07) is 37.4. The molecule has 0 aliphatic carbocycles. The van der Waals surface area contributed by atoms with Crippen molar-refractivity contribution in [2.45, 2.75) is 37.4 Å². The highest BCUT2D eigenvalue weighted by atomic mass is 16.6. The lowest BCUT2D eigenvalue weighted by Gasteiger charge is -2.30. The number of ether oxygens (including phenoxy) is 2. The Balaban J connectivity index is 1.33. The predicted octanol–water partition coefficient (Wildman–Crippen LogP) is 4.08. The molecule has 4 rings (SSSR count). The standard InChI is InChI=1S/C38H40N4O6/c1-41(31(29-19-11-5-12-20-29)25-27-15-7-3-8-16-27)37(45)35(39)47-33(43)23-24-34(44)48-36(40)38(46)42(2)32(30-21-13-6-14-22-30)26-28-17-9-4-10-18-28/h3-24,31-32,35-36H,25-26,39-40H2,1-2H3/b24-23-. The predicted molar refractivity (Wildman–Crippen MR) is 181 cm³/mol. The number of nitrogens with two attached hydrogens (primary N) is 2. The van der Waals surface area contributed by atoms with Gasteiger partial charge in [-0.25, -0.2) is 9.59 Å². The zero-order chi connectivity index (χ0) is 34.5. The Hall–Kier alpha value is -5.58. The van der Waals surface area contributed by atoms with Crippen LogP contribution in [0.15, 0.2) is 133 Å². The van der Waals surface area contributed by atoms with Gasteiger partial charge in [0.1, 0.15) is 0 Å². The van der Waals surface area contributed by atoms with Gasteiger partial charge in [0.2, 0.25) is 12.5 Å². The molecule has 2 amide bonds. The van der Waals surface area contributed by atoms with E-state index in [-0.39, 0.29) is 12.1 Å². The summed E-state index contributed by atoms with van der Waals surface area (Å²) in [5.74, 6) is -3.37. The SMILES string of the molecule is CN(C(=O)C(N)OC(=O)/C=C\C(=O)OC(N)C(=O)N(C)C(Cc1ccccc1)c1ccccc1)C(Cc1ccccc1)c1ccccc1. The first-order chi connectivity index (χ1) is 23.1. The summed E-state index contributed by atoms with van der Waals surface area (Å²) in [6.45, 7) is 0. The molecule has 4 atom stereocenters. The fraction of sp³-hybridized carbons (Fsp3) is 0.211. The van der Waals surface area contributed by atoms with E-state index in [2.05, 4.69) is 0 Å². The van der Waals surface area contributed by atoms with Crippen LogP contribution in [0.2, 0.25) is 0 Å². The number of benzene rings is 4. The van der Waals surface area contributed by atoms with Crippen LogP contribution >= 0.6 is 0 Å². The Morgan fingerprint density at radius 2 is 0.833 bits per heavy atom. The smallest absolute Gasteiger partial charge is 0.333 e. The Labute approximate surface area is 280 Å². The van der Waals surface area contributed by atoms with Gasteiger partial charge in [0, 0.05) is 26.2 Å². The van der Waals surface area contributed by atoms with Gasteiger partial charge in [-0.05, 0) is 35.1 Å². The van der Waals surface area contributed by atoms with Gasteiger partial charge >= 0.3 is 11.9 Å². The quantitative estimate of drug-likeness (QED) is 0.118. The van der Waals surface area contributed by atoms with Gasteiger partial charge < -0.3 is 19.3 Å². The third kappa shape index (κ3) is 9.96. The van der Waals surface area contributed by atoms with Crippen molar-refractivity contribution in [2.75, 3.05) is 14.1 Å². The topological polar surface area (TPSA) is 145 Å². The number of amides is 2. The van der Waals surface area contributed by atoms with Gasteiger partial charge in [-0.2, -0.15) is 0 Å². The maximum atomic E-state index is 13.2. The Bertz CT molecular complexity index is 1540. The first-order valence-corrected chi connectivity index (χ1v) is 15.5. The maximum absolute atomic E-state index is 13.2. The Morgan fingerprint density at radius 3 is 1.15 bits per heavy atom. The van der Waals surface area contributed by atoms with Gasteiger partial charge in [-0.3, -0.25) is 21.1 Å². The van der Waals surface area contributed by atoms with Crippen molar-refractivity contribution in [1.29, 1.82) is 0 Å². The monoisotopic (exact) mass is 648 g/mol. The molecule has 10 nitrogen and oxygen atoms in total. The van der Waals surface area contributed by atoms with Crippen LogP contribution in [0.4, 0.5) is 0 Å². The van der Waals surface area contributed by atoms with Crippen molar-refractivity contribution in [3.8, 4) is 0 Å². The molecule has 4 aromatic carbocycles. The maximum Gasteiger partial charge on any atom is 0.333 e. The molecular weight excluding hydrogens is 608 g/mol. The van der Waals surface area contributed by atoms with Crippen LogP contribution in [0.3, 0.4) is 0 Å². The molecule has 4 aromatic rings. The second kappa shape index (κ2) is 17.4. The van der Waals surface area contributed by atoms with Crippen molar-refractivity contribution in [1.82, 2.24) is 9.80 Å². The fourth-order valence-electron chi connectivity index (χ4n) is 5.26. The molecule has 0 aliphatic rings. The van der Waals surface area contributed by atoms with E-state index in [1.165, 1.54) is 9.80 Å². The third-order valence-corrected chi connectivity index (χ3v) is 7.87. The van der Waals surface area contributed by atoms with Crippen LogP contribution in [-0.4, -0.2) is 60.1 Å². The van der Waals surface area contributed by atoms with Crippen LogP contribution < -0.4 is 11.5 Å². The molecule has 0 bridgehead atoms. The van der Waals surface area contributed by atoms with E-state index in [9.17, 15) is 19.2 Å². The normalized spacial score (nSPS) is 13.5. The summed E-state index contributed by atoms with van der Waals surface area (Å²) >= 11 is 0. The van der Waals surface area contributed by atoms with Gasteiger partial charge in [-0.1, -0.05) is 121 Å². The largest absolute Gasteiger partial charge is 0.434 e. The highest BCUT2D eigenvalue weighted by Crippen LogP contribution is 2.26. The van der Waals surface area contributed by atoms with Crippen molar-refractivity contribution in [3.63, 3.8) is 0 Å². The molecule has 0 fully saturated rings. The molecule has 48 heavy (non-hydrogen) atoms. The molecule has 10 heteroatoms. The van der Waals surface area contributed by atoms with Crippen LogP contribution in [0, 0.1) is 0 Å². The minimum Gasteiger partial charge on any atom is -0.434 e. The van der Waals surface area contributed by atoms with Gasteiger partial charge in [0.25, 0.3) is 11.8 Å². The lowest BCUT2D eigenvalue weighted by atomic mass is 9.97. The molecule has 0 radical (unpaired) electrons. The average Bonchev–Trinajstić information content (AvgIpc) is 3.12. The summed E-state index contributed by atoms with van der Waals surface area (Å²) in [6.07, 6.45) is -0.740. The molecule has 248 valence electrons. The number of hydrogen-bond donors (Lipinski definition) is 2. The van der Waals surface area contributed by atoms with E-state index in [0.717, 1.165) is 34.4 Å². The van der Waals surface area contributed by atoms with Crippen molar-refractivity contribution >= 4 is 23.8 Å². The molecule has 0 heterocycles. The van der Waals surface area contributed by atoms with E-state index in [1.807, 2.05) is 121 Å². The summed E-state index contributed by atoms with van der Waals surface area (Å²) in [4.78, 5) is 54.3. The molecule has 4 unspecified atom stereocenters. The first-order valence-electron chi connectivity index (χ1n) is 15.5. The van der Waals surface area contributed by atoms with Crippen molar-refractivity contribution in [2.24, 2.45) is 11.5 Å². The highest BCUT2D eigenvalue weighted by Gasteiger charge is 2.30. The summed E-state index contributed by atoms with van der Waals surface area (Å²) < 4.78 is 10.2. The molecule has 4 N–H and O–H groups in total. The minimum atomic E-state index is -1.64. The van der Waals surface area contributed by atoms with E-state index in [0.29, 0.717) is 12.8 Å². The number of nitrogens with zero attached hydrogens (tertiary/aromatic N) is 2. The number of carbonyl (C=O) groups excluding carboxylic acids is 4. The number of esters is 2. The van der Waals surface area contributed by atoms with Gasteiger partial charge in [-0.15, -0.1) is 0 Å². The van der Waals surface area contributed by atoms with Crippen LogP contribution in [0.25, 0.3) is 0 Å². The second-order valence-corrected chi connectivity index (χ2v) is 11.2. The second-order valence-electron chi connectivity index (χ2n) is 11.2. The summed E-state index contributed by atoms with van der Waals surface area (Å²) in [5.41, 5.74) is 15.7. The van der Waals surface area contributed by atoms with Crippen molar-refractivity contribution in [3.05, 3.63) is 156 Å². The molecule has 0 saturated carbocycles. The summed E-state index contributed by atoms with van der Waals surface area (Å²) in [5, 5.41) is 0. The number of rotatable bonds is 14. The van der Waals surface area contributed by atoms with Crippen LogP contribution in [-0.2, 0) is 41.5 Å². The lowest BCUT2D eigenvalue weighted by Crippen LogP contribution is -2.46. The zero-order valence-corrected chi connectivity index (χ0v) is 26.9. The first kappa shape index (κ1) is 35.3. The fourth-order valence-corrected chi connectivity index (χ4v) is 5.26. The van der Waals surface area contributed by atoms with Gasteiger partial charge in [0.15, 0.2) is 0 Å². The molecule has 0 spiro atoms. The average molecular weight is 649 g/mol. The number of likely N-dealkylation sites (N-methyl/N-ethyl adjacent to an activating group) is 2. The van der Waals surface area contributed by atoms with Gasteiger partial charge in [0.05, 0.1) is 12.1 Å². The van der Waals surface area contributed by atoms with E-state index in [1.54, 1.807) is 14.1 Å². The Kier molecular flexibility index (Phi) is 12.8. The molecule has 0 aromatic heterocycles. The van der Waals surface area contributed by atoms with Crippen LogP contribution in [0.5, 0.6) is 0 Å². The highest BCUT2D eigenvalue weighted by molar-refractivity contribution is 5.94. The molecule has 0 aliphatic heterocycles. The third-order valence-electron chi connectivity index (χ3n) is 7.87. The molecular formula is C38H40N4O6. The molecule has 0 saturated heterocycles. The lowest BCUT2D eigenvalue weighted by molar-refractivity contribution is -0.157. The summed E-state index contributed by atoms with van der Waals surface area (Å²) in [7, 11) is 3.17. The number of carbonyl (C=O) groups is 4. The minimum absolute atomic E-state index is 0.386. The van der Waals surface area contributed by atoms with E-state index >= 15 is 0 Å². The van der Waals surface area contributed by atoms with Crippen molar-refractivity contribution < 1.29 is 28.7 Å². The number of hydrogen-bond acceptors (Lipinski definition) is 8. The Morgan fingerprint density at radius 1 is 0.542 bits per heavy atom. The zero-order valence-electron chi connectivity index (χ0n) is 26.9.